The molecule has 0 aliphatic carbocycles. The third kappa shape index (κ3) is 9.10. The molecule has 0 spiro atoms. The molecule has 118 valence electrons. The zero-order valence-electron chi connectivity index (χ0n) is 11.2. The molecule has 0 bridgehead atoms. The quantitative estimate of drug-likeness (QED) is 0.756. The van der Waals surface area contributed by atoms with Crippen molar-refractivity contribution in [1.82, 2.24) is 5.32 Å². The molecule has 1 heterocycles. The van der Waals surface area contributed by atoms with Crippen molar-refractivity contribution in [2.75, 3.05) is 13.1 Å². The van der Waals surface area contributed by atoms with Gasteiger partial charge in [0.05, 0.1) is 12.5 Å². The average Bonchev–Trinajstić information content (AvgIpc) is 2.36. The molecule has 0 amide bonds. The van der Waals surface area contributed by atoms with Crippen molar-refractivity contribution < 1.29 is 27.9 Å². The normalized spacial score (nSPS) is 20.1. The SMILES string of the molecule is CC(=O)SC1CCNC/C1=C\CC#N.O=C(O)C(F)(F)F. The number of carboxylic acid groups (broad SMARTS) is 1. The second kappa shape index (κ2) is 9.41. The molecule has 0 saturated carbocycles. The Balaban J connectivity index is 0.000000486. The van der Waals surface area contributed by atoms with Crippen LogP contribution in [0.5, 0.6) is 0 Å². The average molecular weight is 324 g/mol. The van der Waals surface area contributed by atoms with Crippen LogP contribution in [0.15, 0.2) is 11.6 Å². The molecule has 21 heavy (non-hydrogen) atoms. The molecule has 1 fully saturated rings. The molecule has 1 saturated heterocycles. The number of carboxylic acids is 1. The summed E-state index contributed by atoms with van der Waals surface area (Å²) < 4.78 is 31.7. The van der Waals surface area contributed by atoms with Gasteiger partial charge in [-0.05, 0) is 18.5 Å². The number of rotatable bonds is 2. The third-order valence-corrected chi connectivity index (χ3v) is 3.49. The van der Waals surface area contributed by atoms with Gasteiger partial charge >= 0.3 is 12.1 Å². The molecule has 1 aliphatic heterocycles. The summed E-state index contributed by atoms with van der Waals surface area (Å²) in [6.45, 7) is 3.36. The van der Waals surface area contributed by atoms with Crippen LogP contribution in [0.4, 0.5) is 13.2 Å². The molecule has 0 aromatic heterocycles. The van der Waals surface area contributed by atoms with Crippen LogP contribution in [0.2, 0.25) is 0 Å². The summed E-state index contributed by atoms with van der Waals surface area (Å²) in [6.07, 6.45) is -1.74. The van der Waals surface area contributed by atoms with Crippen molar-refractivity contribution in [2.24, 2.45) is 0 Å². The van der Waals surface area contributed by atoms with Gasteiger partial charge in [-0.3, -0.25) is 4.79 Å². The summed E-state index contributed by atoms with van der Waals surface area (Å²) in [4.78, 5) is 19.9. The Kier molecular flexibility index (Phi) is 8.73. The van der Waals surface area contributed by atoms with E-state index in [1.165, 1.54) is 17.3 Å². The Morgan fingerprint density at radius 2 is 2.14 bits per heavy atom. The van der Waals surface area contributed by atoms with Crippen molar-refractivity contribution in [3.63, 3.8) is 0 Å². The van der Waals surface area contributed by atoms with Gasteiger partial charge in [-0.2, -0.15) is 18.4 Å². The van der Waals surface area contributed by atoms with Crippen LogP contribution in [0, 0.1) is 11.3 Å². The maximum Gasteiger partial charge on any atom is 0.490 e. The van der Waals surface area contributed by atoms with Crippen molar-refractivity contribution in [1.29, 1.82) is 5.26 Å². The number of halogens is 3. The summed E-state index contributed by atoms with van der Waals surface area (Å²) in [5.41, 5.74) is 1.19. The van der Waals surface area contributed by atoms with Crippen molar-refractivity contribution in [3.8, 4) is 6.07 Å². The first-order valence-corrected chi connectivity index (χ1v) is 6.80. The van der Waals surface area contributed by atoms with Crippen LogP contribution < -0.4 is 5.32 Å². The first-order valence-electron chi connectivity index (χ1n) is 5.92. The molecule has 1 atom stereocenters. The fraction of sp³-hybridized carbons (Fsp3) is 0.583. The van der Waals surface area contributed by atoms with Crippen LogP contribution in [-0.4, -0.2) is 40.7 Å². The van der Waals surface area contributed by atoms with Gasteiger partial charge in [0.15, 0.2) is 5.12 Å². The van der Waals surface area contributed by atoms with Crippen molar-refractivity contribution in [2.45, 2.75) is 31.2 Å². The summed E-state index contributed by atoms with van der Waals surface area (Å²) in [5.74, 6) is -2.76. The Labute approximate surface area is 124 Å². The fourth-order valence-corrected chi connectivity index (χ4v) is 2.45. The highest BCUT2D eigenvalue weighted by Crippen LogP contribution is 2.25. The number of allylic oxidation sites excluding steroid dienone is 1. The number of nitrogens with zero attached hydrogens (tertiary/aromatic N) is 1. The number of carbonyl (C=O) groups is 2. The first kappa shape index (κ1) is 19.5. The van der Waals surface area contributed by atoms with E-state index in [0.29, 0.717) is 6.42 Å². The van der Waals surface area contributed by atoms with Crippen molar-refractivity contribution in [3.05, 3.63) is 11.6 Å². The van der Waals surface area contributed by atoms with Crippen LogP contribution in [-0.2, 0) is 9.59 Å². The van der Waals surface area contributed by atoms with Gasteiger partial charge in [0.25, 0.3) is 0 Å². The number of thioether (sulfide) groups is 1. The number of hydrogen-bond acceptors (Lipinski definition) is 5. The standard InChI is InChI=1S/C10H14N2OS.C2HF3O2/c1-8(13)14-10-4-6-12-7-9(10)3-2-5-11;3-2(4,5)1(6)7/h3,10,12H,2,4,6-7H2,1H3;(H,6,7)/b9-3+;. The second-order valence-corrected chi connectivity index (χ2v) is 5.39. The Morgan fingerprint density at radius 1 is 1.57 bits per heavy atom. The predicted octanol–water partition coefficient (Wildman–Crippen LogP) is 2.10. The first-order chi connectivity index (χ1) is 9.68. The highest BCUT2D eigenvalue weighted by molar-refractivity contribution is 8.14. The smallest absolute Gasteiger partial charge is 0.475 e. The van der Waals surface area contributed by atoms with E-state index in [2.05, 4.69) is 11.4 Å². The zero-order chi connectivity index (χ0) is 16.5. The molecule has 0 aromatic rings. The van der Waals surface area contributed by atoms with Gasteiger partial charge in [-0.25, -0.2) is 4.79 Å². The molecule has 1 aliphatic rings. The van der Waals surface area contributed by atoms with E-state index in [1.54, 1.807) is 6.92 Å². The lowest BCUT2D eigenvalue weighted by Gasteiger charge is -2.24. The lowest BCUT2D eigenvalue weighted by Crippen LogP contribution is -2.32. The molecule has 1 unspecified atom stereocenters. The van der Waals surface area contributed by atoms with E-state index in [-0.39, 0.29) is 10.4 Å². The minimum Gasteiger partial charge on any atom is -0.475 e. The number of nitrogens with one attached hydrogen (secondary N) is 1. The second-order valence-electron chi connectivity index (χ2n) is 4.01. The Bertz CT molecular complexity index is 444. The largest absolute Gasteiger partial charge is 0.490 e. The van der Waals surface area contributed by atoms with Gasteiger partial charge < -0.3 is 10.4 Å². The molecular formula is C12H15F3N2O3S. The molecule has 9 heteroatoms. The molecule has 1 rings (SSSR count). The van der Waals surface area contributed by atoms with Crippen LogP contribution >= 0.6 is 11.8 Å². The summed E-state index contributed by atoms with van der Waals surface area (Å²) in [6, 6.07) is 2.09. The van der Waals surface area contributed by atoms with Gasteiger partial charge in [-0.15, -0.1) is 0 Å². The van der Waals surface area contributed by atoms with Gasteiger partial charge in [0.2, 0.25) is 0 Å². The number of hydrogen-bond donors (Lipinski definition) is 2. The Hall–Kier alpha value is -1.53. The summed E-state index contributed by atoms with van der Waals surface area (Å²) >= 11 is 1.38. The number of aliphatic carboxylic acids is 1. The lowest BCUT2D eigenvalue weighted by molar-refractivity contribution is -0.192. The van der Waals surface area contributed by atoms with Crippen LogP contribution in [0.25, 0.3) is 0 Å². The summed E-state index contributed by atoms with van der Waals surface area (Å²) in [7, 11) is 0. The highest BCUT2D eigenvalue weighted by atomic mass is 32.2. The maximum absolute atomic E-state index is 11.0. The lowest BCUT2D eigenvalue weighted by atomic mass is 10.1. The molecule has 0 radical (unpaired) electrons. The molecule has 0 aromatic carbocycles. The Morgan fingerprint density at radius 3 is 2.57 bits per heavy atom. The number of piperidine rings is 1. The summed E-state index contributed by atoms with van der Waals surface area (Å²) in [5, 5.41) is 19.3. The van der Waals surface area contributed by atoms with E-state index in [4.69, 9.17) is 15.2 Å². The van der Waals surface area contributed by atoms with E-state index in [1.807, 2.05) is 6.08 Å². The van der Waals surface area contributed by atoms with Gasteiger partial charge in [0.1, 0.15) is 0 Å². The maximum atomic E-state index is 11.0. The van der Waals surface area contributed by atoms with E-state index >= 15 is 0 Å². The van der Waals surface area contributed by atoms with Crippen molar-refractivity contribution >= 4 is 22.8 Å². The third-order valence-electron chi connectivity index (χ3n) is 2.33. The van der Waals surface area contributed by atoms with E-state index < -0.39 is 12.1 Å². The minimum atomic E-state index is -5.08. The van der Waals surface area contributed by atoms with Crippen LogP contribution in [0.3, 0.4) is 0 Å². The monoisotopic (exact) mass is 324 g/mol. The highest BCUT2D eigenvalue weighted by Gasteiger charge is 2.38. The van der Waals surface area contributed by atoms with Gasteiger partial charge in [0, 0.05) is 18.7 Å². The topological polar surface area (TPSA) is 90.2 Å². The number of alkyl halides is 3. The molecular weight excluding hydrogens is 309 g/mol. The number of nitriles is 1. The number of carbonyl (C=O) groups excluding carboxylic acids is 1. The van der Waals surface area contributed by atoms with Gasteiger partial charge in [-0.1, -0.05) is 17.8 Å². The predicted molar refractivity (Wildman–Crippen MR) is 71.6 cm³/mol. The zero-order valence-corrected chi connectivity index (χ0v) is 12.1. The molecule has 2 N–H and O–H groups in total. The molecule has 5 nitrogen and oxygen atoms in total. The fourth-order valence-electron chi connectivity index (χ4n) is 1.48. The van der Waals surface area contributed by atoms with Crippen LogP contribution in [0.1, 0.15) is 19.8 Å². The van der Waals surface area contributed by atoms with E-state index in [0.717, 1.165) is 19.5 Å². The minimum absolute atomic E-state index is 0.153. The van der Waals surface area contributed by atoms with E-state index in [9.17, 15) is 18.0 Å².